The summed E-state index contributed by atoms with van der Waals surface area (Å²) in [6.45, 7) is 5.34. The molecule has 3 amide bonds. The minimum Gasteiger partial charge on any atom is -0.497 e. The lowest BCUT2D eigenvalue weighted by atomic mass is 9.75. The highest BCUT2D eigenvalue weighted by Gasteiger charge is 2.45. The number of rotatable bonds is 4. The number of hydrogen-bond acceptors (Lipinski definition) is 4. The van der Waals surface area contributed by atoms with Crippen molar-refractivity contribution < 1.29 is 14.3 Å². The Balaban J connectivity index is 1.11. The number of urea groups is 1. The predicted octanol–water partition coefficient (Wildman–Crippen LogP) is 2.70. The summed E-state index contributed by atoms with van der Waals surface area (Å²) in [6, 6.07) is 8.88. The monoisotopic (exact) mass is 440 g/mol. The number of amides is 3. The van der Waals surface area contributed by atoms with E-state index in [-0.39, 0.29) is 6.03 Å². The molecule has 1 aromatic rings. The Labute approximate surface area is 191 Å². The summed E-state index contributed by atoms with van der Waals surface area (Å²) in [7, 11) is 1.65. The van der Waals surface area contributed by atoms with Gasteiger partial charge in [0, 0.05) is 57.8 Å². The SMILES string of the molecule is COc1cccc(CNC(=O)N2CCC(N3CC4CC(C3)[C@H]3CCCC(=O)N3C4)CC2)c1. The van der Waals surface area contributed by atoms with Crippen LogP contribution in [0.1, 0.15) is 44.1 Å². The van der Waals surface area contributed by atoms with Crippen LogP contribution in [0.4, 0.5) is 4.79 Å². The number of hydrogen-bond donors (Lipinski definition) is 1. The fraction of sp³-hybridized carbons (Fsp3) is 0.680. The average molecular weight is 441 g/mol. The molecule has 2 bridgehead atoms. The zero-order valence-corrected chi connectivity index (χ0v) is 19.2. The molecule has 7 nitrogen and oxygen atoms in total. The first kappa shape index (κ1) is 21.6. The van der Waals surface area contributed by atoms with Gasteiger partial charge in [0.2, 0.25) is 5.91 Å². The molecule has 5 rings (SSSR count). The van der Waals surface area contributed by atoms with Crippen molar-refractivity contribution >= 4 is 11.9 Å². The smallest absolute Gasteiger partial charge is 0.317 e. The number of piperidine rings is 4. The van der Waals surface area contributed by atoms with E-state index < -0.39 is 0 Å². The van der Waals surface area contributed by atoms with Crippen LogP contribution in [0, 0.1) is 11.8 Å². The molecule has 4 saturated heterocycles. The second kappa shape index (κ2) is 9.30. The van der Waals surface area contributed by atoms with Crippen LogP contribution in [0.15, 0.2) is 24.3 Å². The number of ether oxygens (including phenoxy) is 1. The number of methoxy groups -OCH3 is 1. The summed E-state index contributed by atoms with van der Waals surface area (Å²) in [5.74, 6) is 2.45. The molecule has 1 aromatic carbocycles. The van der Waals surface area contributed by atoms with Crippen molar-refractivity contribution in [1.29, 1.82) is 0 Å². The number of fused-ring (bicyclic) bond motifs is 4. The second-order valence-corrected chi connectivity index (χ2v) is 10.0. The van der Waals surface area contributed by atoms with Gasteiger partial charge in [0.25, 0.3) is 0 Å². The van der Waals surface area contributed by atoms with Gasteiger partial charge in [-0.3, -0.25) is 9.69 Å². The standard InChI is InChI=1S/C25H36N4O3/c1-32-22-5-2-4-18(13-22)14-26-25(31)27-10-8-21(9-11-27)28-15-19-12-20(17-28)23-6-3-7-24(30)29(23)16-19/h2,4-5,13,19-21,23H,3,6-12,14-17H2,1H3,(H,26,31)/t19?,20?,23-/m1/s1. The molecule has 4 heterocycles. The number of benzene rings is 1. The number of likely N-dealkylation sites (tertiary alicyclic amines) is 2. The Hall–Kier alpha value is -2.28. The maximum absolute atomic E-state index is 12.7. The van der Waals surface area contributed by atoms with E-state index in [9.17, 15) is 9.59 Å². The largest absolute Gasteiger partial charge is 0.497 e. The Morgan fingerprint density at radius 2 is 2.00 bits per heavy atom. The fourth-order valence-electron chi connectivity index (χ4n) is 6.45. The molecule has 0 aromatic heterocycles. The lowest BCUT2D eigenvalue weighted by Crippen LogP contribution is -2.62. The molecule has 0 aliphatic carbocycles. The van der Waals surface area contributed by atoms with Crippen LogP contribution < -0.4 is 10.1 Å². The lowest BCUT2D eigenvalue weighted by molar-refractivity contribution is -0.145. The molecule has 4 aliphatic heterocycles. The predicted molar refractivity (Wildman–Crippen MR) is 122 cm³/mol. The quantitative estimate of drug-likeness (QED) is 0.782. The van der Waals surface area contributed by atoms with Gasteiger partial charge >= 0.3 is 6.03 Å². The van der Waals surface area contributed by atoms with Gasteiger partial charge < -0.3 is 19.9 Å². The lowest BCUT2D eigenvalue weighted by Gasteiger charge is -2.54. The summed E-state index contributed by atoms with van der Waals surface area (Å²) < 4.78 is 5.26. The molecular weight excluding hydrogens is 404 g/mol. The van der Waals surface area contributed by atoms with Crippen LogP contribution >= 0.6 is 0 Å². The molecule has 1 N–H and O–H groups in total. The first-order valence-electron chi connectivity index (χ1n) is 12.3. The van der Waals surface area contributed by atoms with Gasteiger partial charge in [0.15, 0.2) is 0 Å². The number of nitrogens with one attached hydrogen (secondary N) is 1. The number of carbonyl (C=O) groups is 2. The maximum Gasteiger partial charge on any atom is 0.317 e. The van der Waals surface area contributed by atoms with E-state index >= 15 is 0 Å². The van der Waals surface area contributed by atoms with Crippen molar-refractivity contribution in [2.75, 3.05) is 39.8 Å². The fourth-order valence-corrected chi connectivity index (χ4v) is 6.45. The normalized spacial score (nSPS) is 28.9. The van der Waals surface area contributed by atoms with E-state index in [0.29, 0.717) is 36.4 Å². The van der Waals surface area contributed by atoms with Crippen molar-refractivity contribution in [3.05, 3.63) is 29.8 Å². The van der Waals surface area contributed by atoms with Crippen molar-refractivity contribution in [3.63, 3.8) is 0 Å². The first-order valence-corrected chi connectivity index (χ1v) is 12.3. The van der Waals surface area contributed by atoms with Gasteiger partial charge in [-0.25, -0.2) is 4.79 Å². The summed E-state index contributed by atoms with van der Waals surface area (Å²) in [6.07, 6.45) is 6.36. The minimum atomic E-state index is 0.0261. The minimum absolute atomic E-state index is 0.0261. The van der Waals surface area contributed by atoms with Crippen molar-refractivity contribution in [3.8, 4) is 5.75 Å². The van der Waals surface area contributed by atoms with E-state index in [1.165, 1.54) is 12.8 Å². The summed E-state index contributed by atoms with van der Waals surface area (Å²) in [5.41, 5.74) is 1.04. The summed E-state index contributed by atoms with van der Waals surface area (Å²) in [5, 5.41) is 3.06. The Morgan fingerprint density at radius 1 is 1.16 bits per heavy atom. The molecule has 2 unspecified atom stereocenters. The second-order valence-electron chi connectivity index (χ2n) is 10.0. The van der Waals surface area contributed by atoms with Gasteiger partial charge in [-0.1, -0.05) is 12.1 Å². The van der Waals surface area contributed by atoms with Gasteiger partial charge in [0.05, 0.1) is 7.11 Å². The molecule has 0 saturated carbocycles. The highest BCUT2D eigenvalue weighted by molar-refractivity contribution is 5.77. The third kappa shape index (κ3) is 4.45. The van der Waals surface area contributed by atoms with Gasteiger partial charge in [0.1, 0.15) is 5.75 Å². The molecule has 0 spiro atoms. The maximum atomic E-state index is 12.7. The topological polar surface area (TPSA) is 65.1 Å². The zero-order chi connectivity index (χ0) is 22.1. The van der Waals surface area contributed by atoms with Gasteiger partial charge in [-0.05, 0) is 61.6 Å². The van der Waals surface area contributed by atoms with E-state index in [4.69, 9.17) is 4.74 Å². The van der Waals surface area contributed by atoms with Crippen molar-refractivity contribution in [2.24, 2.45) is 11.8 Å². The number of carbonyl (C=O) groups excluding carboxylic acids is 2. The summed E-state index contributed by atoms with van der Waals surface area (Å²) in [4.78, 5) is 31.9. The number of nitrogens with zero attached hydrogens (tertiary/aromatic N) is 3. The molecule has 7 heteroatoms. The van der Waals surface area contributed by atoms with E-state index in [1.807, 2.05) is 29.2 Å². The van der Waals surface area contributed by atoms with Crippen LogP contribution in [-0.2, 0) is 11.3 Å². The van der Waals surface area contributed by atoms with Crippen LogP contribution in [0.3, 0.4) is 0 Å². The molecule has 0 radical (unpaired) electrons. The first-order chi connectivity index (χ1) is 15.6. The molecule has 174 valence electrons. The van der Waals surface area contributed by atoms with Gasteiger partial charge in [-0.15, -0.1) is 0 Å². The molecule has 3 atom stereocenters. The highest BCUT2D eigenvalue weighted by Crippen LogP contribution is 2.39. The van der Waals surface area contributed by atoms with E-state index in [0.717, 1.165) is 69.7 Å². The van der Waals surface area contributed by atoms with E-state index in [1.54, 1.807) is 7.11 Å². The highest BCUT2D eigenvalue weighted by atomic mass is 16.5. The molecular formula is C25H36N4O3. The summed E-state index contributed by atoms with van der Waals surface area (Å²) >= 11 is 0. The van der Waals surface area contributed by atoms with Crippen LogP contribution in [-0.4, -0.2) is 78.6 Å². The van der Waals surface area contributed by atoms with Crippen molar-refractivity contribution in [2.45, 2.75) is 57.2 Å². The zero-order valence-electron chi connectivity index (χ0n) is 19.2. The van der Waals surface area contributed by atoms with E-state index in [2.05, 4.69) is 15.1 Å². The third-order valence-corrected chi connectivity index (χ3v) is 8.05. The Kier molecular flexibility index (Phi) is 6.26. The molecule has 4 aliphatic rings. The van der Waals surface area contributed by atoms with Crippen molar-refractivity contribution in [1.82, 2.24) is 20.0 Å². The Morgan fingerprint density at radius 3 is 2.81 bits per heavy atom. The van der Waals surface area contributed by atoms with Gasteiger partial charge in [-0.2, -0.15) is 0 Å². The Bertz CT molecular complexity index is 838. The van der Waals surface area contributed by atoms with Crippen LogP contribution in [0.5, 0.6) is 5.75 Å². The molecule has 32 heavy (non-hydrogen) atoms. The third-order valence-electron chi connectivity index (χ3n) is 8.05. The van der Waals surface area contributed by atoms with Crippen LogP contribution in [0.2, 0.25) is 0 Å². The molecule has 4 fully saturated rings. The average Bonchev–Trinajstić information content (AvgIpc) is 2.83. The van der Waals surface area contributed by atoms with Crippen LogP contribution in [0.25, 0.3) is 0 Å².